The molecule has 0 amide bonds. The third-order valence-corrected chi connectivity index (χ3v) is 13.5. The van der Waals surface area contributed by atoms with E-state index >= 15 is 0 Å². The Morgan fingerprint density at radius 3 is 2.03 bits per heavy atom. The number of pyridine rings is 1. The van der Waals surface area contributed by atoms with Crippen molar-refractivity contribution in [2.75, 3.05) is 9.80 Å². The first kappa shape index (κ1) is 42.4. The summed E-state index contributed by atoms with van der Waals surface area (Å²) in [5.74, 6) is 2.02. The molecule has 0 saturated carbocycles. The summed E-state index contributed by atoms with van der Waals surface area (Å²) in [4.78, 5) is 9.55. The molecule has 2 aromatic heterocycles. The molecule has 0 unspecified atom stereocenters. The summed E-state index contributed by atoms with van der Waals surface area (Å²) in [7, 11) is 0. The van der Waals surface area contributed by atoms with Crippen LogP contribution in [0.15, 0.2) is 188 Å². The van der Waals surface area contributed by atoms with Crippen LogP contribution in [0.4, 0.5) is 22.7 Å². The average molecular weight is 1050 g/mol. The van der Waals surface area contributed by atoms with E-state index in [0.717, 1.165) is 61.5 Å². The molecule has 0 radical (unpaired) electrons. The van der Waals surface area contributed by atoms with Gasteiger partial charge in [-0.3, -0.25) is 0 Å². The second kappa shape index (κ2) is 16.3. The molecule has 1 aliphatic heterocycles. The van der Waals surface area contributed by atoms with Crippen LogP contribution in [0.5, 0.6) is 11.5 Å². The number of rotatable bonds is 7. The Bertz CT molecular complexity index is 3510. The third-order valence-electron chi connectivity index (χ3n) is 13.5. The van der Waals surface area contributed by atoms with Gasteiger partial charge in [-0.05, 0) is 74.5 Å². The molecule has 5 nitrogen and oxygen atoms in total. The van der Waals surface area contributed by atoms with Gasteiger partial charge in [0.2, 0.25) is 0 Å². The van der Waals surface area contributed by atoms with E-state index in [9.17, 15) is 0 Å². The van der Waals surface area contributed by atoms with Crippen molar-refractivity contribution < 1.29 is 25.8 Å². The maximum atomic E-state index is 6.91. The fraction of sp³-hybridized carbons (Fsp3) is 0.115. The Morgan fingerprint density at radius 2 is 1.25 bits per heavy atom. The number of aromatic nitrogens is 2. The van der Waals surface area contributed by atoms with Crippen molar-refractivity contribution in [1.29, 1.82) is 0 Å². The van der Waals surface area contributed by atoms with E-state index in [1.807, 2.05) is 12.3 Å². The van der Waals surface area contributed by atoms with E-state index in [-0.39, 0.29) is 31.9 Å². The molecular formula is C61H47N4OPt-3. The fourth-order valence-corrected chi connectivity index (χ4v) is 10.2. The molecule has 10 aromatic rings. The minimum absolute atomic E-state index is 0. The van der Waals surface area contributed by atoms with Crippen LogP contribution >= 0.6 is 0 Å². The van der Waals surface area contributed by atoms with E-state index in [2.05, 4.69) is 244 Å². The summed E-state index contributed by atoms with van der Waals surface area (Å²) in [5, 5.41) is 2.22. The predicted octanol–water partition coefficient (Wildman–Crippen LogP) is 15.9. The molecule has 0 spiro atoms. The number of fused-ring (bicyclic) bond motifs is 7. The first-order valence-electron chi connectivity index (χ1n) is 22.7. The smallest absolute Gasteiger partial charge is 0.135 e. The minimum atomic E-state index is -0.166. The topological polar surface area (TPSA) is 33.5 Å². The summed E-state index contributed by atoms with van der Waals surface area (Å²) in [5.41, 5.74) is 16.8. The maximum Gasteiger partial charge on any atom is 0.135 e. The monoisotopic (exact) mass is 1050 g/mol. The van der Waals surface area contributed by atoms with E-state index in [0.29, 0.717) is 11.5 Å². The number of hydrogen-bond donors (Lipinski definition) is 0. The van der Waals surface area contributed by atoms with Gasteiger partial charge in [0.25, 0.3) is 0 Å². The van der Waals surface area contributed by atoms with Gasteiger partial charge in [-0.2, -0.15) is 6.07 Å². The third kappa shape index (κ3) is 7.07. The Kier molecular flexibility index (Phi) is 10.3. The average Bonchev–Trinajstić information content (AvgIpc) is 3.97. The molecule has 0 bridgehead atoms. The fourth-order valence-electron chi connectivity index (χ4n) is 10.2. The molecule has 0 atom stereocenters. The van der Waals surface area contributed by atoms with Crippen LogP contribution in [-0.2, 0) is 31.9 Å². The van der Waals surface area contributed by atoms with Crippen molar-refractivity contribution in [3.05, 3.63) is 224 Å². The zero-order valence-corrected chi connectivity index (χ0v) is 40.3. The zero-order chi connectivity index (χ0) is 44.7. The minimum Gasteiger partial charge on any atom is -0.509 e. The van der Waals surface area contributed by atoms with Crippen LogP contribution in [0.25, 0.3) is 61.0 Å². The Labute approximate surface area is 407 Å². The van der Waals surface area contributed by atoms with Crippen LogP contribution in [0.3, 0.4) is 0 Å². The molecule has 3 heterocycles. The number of benzene rings is 8. The zero-order valence-electron chi connectivity index (χ0n) is 38.0. The van der Waals surface area contributed by atoms with Gasteiger partial charge in [-0.25, -0.2) is 4.98 Å². The summed E-state index contributed by atoms with van der Waals surface area (Å²) in [6, 6.07) is 72.1. The molecule has 67 heavy (non-hydrogen) atoms. The molecule has 0 saturated heterocycles. The van der Waals surface area contributed by atoms with Crippen LogP contribution < -0.4 is 14.5 Å². The summed E-state index contributed by atoms with van der Waals surface area (Å²) in [6.45, 7) is 13.6. The number of ether oxygens (including phenoxy) is 1. The maximum absolute atomic E-state index is 6.91. The molecule has 8 aromatic carbocycles. The van der Waals surface area contributed by atoms with Gasteiger partial charge in [0.15, 0.2) is 0 Å². The Balaban J connectivity index is 0.00000494. The van der Waals surface area contributed by atoms with Crippen molar-refractivity contribution in [3.8, 4) is 50.7 Å². The van der Waals surface area contributed by atoms with Gasteiger partial charge in [0, 0.05) is 77.9 Å². The Morgan fingerprint density at radius 1 is 0.567 bits per heavy atom. The van der Waals surface area contributed by atoms with Gasteiger partial charge in [-0.1, -0.05) is 168 Å². The molecule has 2 aliphatic rings. The number of nitrogens with zero attached hydrogens (tertiary/aromatic N) is 4. The van der Waals surface area contributed by atoms with Crippen molar-refractivity contribution in [2.24, 2.45) is 0 Å². The quantitative estimate of drug-likeness (QED) is 0.149. The number of anilines is 4. The second-order valence-corrected chi connectivity index (χ2v) is 18.9. The van der Waals surface area contributed by atoms with E-state index in [4.69, 9.17) is 9.72 Å². The first-order valence-corrected chi connectivity index (χ1v) is 22.7. The van der Waals surface area contributed by atoms with Crippen LogP contribution in [0, 0.1) is 18.8 Å². The van der Waals surface area contributed by atoms with Gasteiger partial charge in [0.1, 0.15) is 5.82 Å². The molecule has 0 N–H and O–H groups in total. The van der Waals surface area contributed by atoms with E-state index in [1.54, 1.807) is 0 Å². The van der Waals surface area contributed by atoms with E-state index < -0.39 is 0 Å². The largest absolute Gasteiger partial charge is 0.509 e. The summed E-state index contributed by atoms with van der Waals surface area (Å²) < 4.78 is 9.12. The van der Waals surface area contributed by atoms with Crippen molar-refractivity contribution >= 4 is 44.6 Å². The number of para-hydroxylation sites is 3. The van der Waals surface area contributed by atoms with Crippen molar-refractivity contribution in [1.82, 2.24) is 9.55 Å². The van der Waals surface area contributed by atoms with Crippen LogP contribution in [0.2, 0.25) is 0 Å². The standard InChI is InChI=1S/C61H47N4O.Pt/c1-60(2,3)43-32-33-62-57(36-43)65-53-25-15-13-22-48(53)49-29-28-45(38-56(49)65)66-46-35-42(40-18-8-6-9-19-40)34-44(37-46)63-39-64(55-27-17-16-26-54(55)63)59-47(41-20-10-7-11-21-41)30-31-52-58(59)50-23-12-14-24-51(50)61(52,4)5;/h6-36,39H,1-5H3;/q-3;. The molecule has 330 valence electrons. The summed E-state index contributed by atoms with van der Waals surface area (Å²) >= 11 is 0. The molecule has 1 aliphatic carbocycles. The van der Waals surface area contributed by atoms with Crippen molar-refractivity contribution in [3.63, 3.8) is 0 Å². The van der Waals surface area contributed by atoms with Gasteiger partial charge in [0.05, 0.1) is 0 Å². The van der Waals surface area contributed by atoms with Crippen molar-refractivity contribution in [2.45, 2.75) is 45.4 Å². The molecular weight excluding hydrogens is 1000 g/mol. The first-order chi connectivity index (χ1) is 32.1. The van der Waals surface area contributed by atoms with E-state index in [1.165, 1.54) is 38.9 Å². The summed E-state index contributed by atoms with van der Waals surface area (Å²) in [6.07, 6.45) is 1.91. The van der Waals surface area contributed by atoms with Gasteiger partial charge >= 0.3 is 0 Å². The van der Waals surface area contributed by atoms with Gasteiger partial charge in [-0.15, -0.1) is 53.6 Å². The molecule has 12 rings (SSSR count). The molecule has 0 fully saturated rings. The predicted molar refractivity (Wildman–Crippen MR) is 271 cm³/mol. The SMILES string of the molecule is CC(C)(C)c1ccnc(-n2c3[c-]c(Oc4[c-]c(N5[CH-]N(c6c(-c7ccccc7)ccc7c6-c6ccccc6C7(C)C)c6ccccc65)cc(-c5ccccc5)c4)ccc3c3ccccc32)c1.[Pt]. The Hall–Kier alpha value is -7.20. The second-order valence-electron chi connectivity index (χ2n) is 18.9. The normalized spacial score (nSPS) is 13.6. The van der Waals surface area contributed by atoms with Gasteiger partial charge < -0.3 is 19.1 Å². The van der Waals surface area contributed by atoms with Crippen LogP contribution in [0.1, 0.15) is 51.3 Å². The number of hydrogen-bond acceptors (Lipinski definition) is 4. The molecule has 6 heteroatoms. The van der Waals surface area contributed by atoms with Crippen LogP contribution in [-0.4, -0.2) is 9.55 Å².